The second-order valence-electron chi connectivity index (χ2n) is 6.05. The van der Waals surface area contributed by atoms with E-state index in [1.807, 2.05) is 31.0 Å². The van der Waals surface area contributed by atoms with E-state index >= 15 is 0 Å². The Balaban J connectivity index is 1.68. The number of aliphatic hydroxyl groups is 1. The Labute approximate surface area is 135 Å². The van der Waals surface area contributed by atoms with E-state index < -0.39 is 0 Å². The number of carbonyl (C=O) groups is 1. The van der Waals surface area contributed by atoms with Gasteiger partial charge in [0, 0.05) is 44.6 Å². The summed E-state index contributed by atoms with van der Waals surface area (Å²) in [7, 11) is 0. The fraction of sp³-hybridized carbons (Fsp3) is 0.562. The van der Waals surface area contributed by atoms with E-state index in [0.29, 0.717) is 30.8 Å². The van der Waals surface area contributed by atoms with Crippen LogP contribution in [0, 0.1) is 6.92 Å². The van der Waals surface area contributed by atoms with Crippen molar-refractivity contribution in [3.05, 3.63) is 29.7 Å². The van der Waals surface area contributed by atoms with Gasteiger partial charge < -0.3 is 10.0 Å². The quantitative estimate of drug-likeness (QED) is 0.892. The molecule has 3 rings (SSSR count). The first kappa shape index (κ1) is 15.9. The number of β-amino-alcohol motifs (C(OH)–C–C–N with tert-alkyl or cyclic N) is 1. The van der Waals surface area contributed by atoms with Crippen LogP contribution in [0.15, 0.2) is 18.5 Å². The monoisotopic (exact) mass is 317 g/mol. The number of hydrogen-bond acceptors (Lipinski definition) is 5. The second kappa shape index (κ2) is 6.64. The number of piperazine rings is 1. The highest BCUT2D eigenvalue weighted by atomic mass is 16.3. The molecule has 0 radical (unpaired) electrons. The standard InChI is InChI=1S/C16H23N5O2/c1-3-13(22)11-19-6-8-20(9-7-19)16(23)14-10-17-21-5-4-12(2)18-15(14)21/h4-5,10,13,22H,3,6-9,11H2,1-2H3/t13-/m1/s1. The van der Waals surface area contributed by atoms with Crippen LogP contribution in [0.4, 0.5) is 0 Å². The van der Waals surface area contributed by atoms with Crippen molar-refractivity contribution in [2.75, 3.05) is 32.7 Å². The highest BCUT2D eigenvalue weighted by Gasteiger charge is 2.25. The van der Waals surface area contributed by atoms with Crippen LogP contribution in [-0.4, -0.2) is 74.2 Å². The Hall–Kier alpha value is -1.99. The summed E-state index contributed by atoms with van der Waals surface area (Å²) in [6.45, 7) is 7.46. The van der Waals surface area contributed by atoms with Crippen LogP contribution in [0.2, 0.25) is 0 Å². The summed E-state index contributed by atoms with van der Waals surface area (Å²) in [6.07, 6.45) is 3.88. The molecule has 2 aromatic rings. The average Bonchev–Trinajstić information content (AvgIpc) is 2.97. The molecule has 0 aromatic carbocycles. The number of aliphatic hydroxyl groups excluding tert-OH is 1. The van der Waals surface area contributed by atoms with E-state index in [0.717, 1.165) is 25.2 Å². The highest BCUT2D eigenvalue weighted by molar-refractivity contribution is 5.99. The zero-order valence-corrected chi connectivity index (χ0v) is 13.6. The Morgan fingerprint density at radius 3 is 2.78 bits per heavy atom. The van der Waals surface area contributed by atoms with Gasteiger partial charge in [-0.1, -0.05) is 6.92 Å². The fourth-order valence-electron chi connectivity index (χ4n) is 2.84. The van der Waals surface area contributed by atoms with Crippen LogP contribution in [0.1, 0.15) is 29.4 Å². The summed E-state index contributed by atoms with van der Waals surface area (Å²) in [5.74, 6) is -0.0196. The molecule has 0 unspecified atom stereocenters. The van der Waals surface area contributed by atoms with Crippen LogP contribution < -0.4 is 0 Å². The summed E-state index contributed by atoms with van der Waals surface area (Å²) < 4.78 is 1.63. The lowest BCUT2D eigenvalue weighted by Gasteiger charge is -2.35. The Morgan fingerprint density at radius 1 is 1.35 bits per heavy atom. The molecule has 124 valence electrons. The second-order valence-corrected chi connectivity index (χ2v) is 6.05. The molecule has 0 bridgehead atoms. The zero-order chi connectivity index (χ0) is 16.4. The maximum Gasteiger partial charge on any atom is 0.259 e. The van der Waals surface area contributed by atoms with Gasteiger partial charge >= 0.3 is 0 Å². The summed E-state index contributed by atoms with van der Waals surface area (Å²) in [6, 6.07) is 1.87. The number of nitrogens with zero attached hydrogens (tertiary/aromatic N) is 5. The molecule has 1 aliphatic rings. The first-order valence-corrected chi connectivity index (χ1v) is 8.09. The summed E-state index contributed by atoms with van der Waals surface area (Å²) in [5, 5.41) is 13.9. The summed E-state index contributed by atoms with van der Waals surface area (Å²) >= 11 is 0. The molecule has 7 nitrogen and oxygen atoms in total. The van der Waals surface area contributed by atoms with E-state index in [1.54, 1.807) is 10.7 Å². The molecule has 23 heavy (non-hydrogen) atoms. The first-order valence-electron chi connectivity index (χ1n) is 8.09. The molecule has 1 amide bonds. The molecule has 1 aliphatic heterocycles. The minimum absolute atomic E-state index is 0.0196. The number of fused-ring (bicyclic) bond motifs is 1. The minimum atomic E-state index is -0.288. The van der Waals surface area contributed by atoms with E-state index in [4.69, 9.17) is 0 Å². The number of hydrogen-bond donors (Lipinski definition) is 1. The van der Waals surface area contributed by atoms with Gasteiger partial charge in [0.2, 0.25) is 0 Å². The van der Waals surface area contributed by atoms with Gasteiger partial charge in [0.05, 0.1) is 12.3 Å². The fourth-order valence-corrected chi connectivity index (χ4v) is 2.84. The Kier molecular flexibility index (Phi) is 4.58. The topological polar surface area (TPSA) is 74.0 Å². The largest absolute Gasteiger partial charge is 0.392 e. The number of carbonyl (C=O) groups excluding carboxylic acids is 1. The van der Waals surface area contributed by atoms with Gasteiger partial charge in [0.25, 0.3) is 5.91 Å². The SMILES string of the molecule is CC[C@@H](O)CN1CCN(C(=O)c2cnn3ccc(C)nc23)CC1. The third kappa shape index (κ3) is 3.35. The van der Waals surface area contributed by atoms with Gasteiger partial charge in [-0.05, 0) is 19.4 Å². The predicted molar refractivity (Wildman–Crippen MR) is 86.4 cm³/mol. The zero-order valence-electron chi connectivity index (χ0n) is 13.6. The molecule has 1 fully saturated rings. The predicted octanol–water partition coefficient (Wildman–Crippen LogP) is 0.566. The maximum atomic E-state index is 12.7. The summed E-state index contributed by atoms with van der Waals surface area (Å²) in [4.78, 5) is 21.2. The molecule has 3 heterocycles. The van der Waals surface area contributed by atoms with Crippen molar-refractivity contribution in [3.63, 3.8) is 0 Å². The van der Waals surface area contributed by atoms with Crippen LogP contribution >= 0.6 is 0 Å². The summed E-state index contributed by atoms with van der Waals surface area (Å²) in [5.41, 5.74) is 2.03. The van der Waals surface area contributed by atoms with Crippen molar-refractivity contribution in [1.82, 2.24) is 24.4 Å². The lowest BCUT2D eigenvalue weighted by Crippen LogP contribution is -2.50. The number of amides is 1. The van der Waals surface area contributed by atoms with Gasteiger partial charge in [-0.3, -0.25) is 9.69 Å². The maximum absolute atomic E-state index is 12.7. The average molecular weight is 317 g/mol. The van der Waals surface area contributed by atoms with Crippen molar-refractivity contribution in [3.8, 4) is 0 Å². The molecule has 0 spiro atoms. The van der Waals surface area contributed by atoms with E-state index in [1.165, 1.54) is 0 Å². The van der Waals surface area contributed by atoms with Gasteiger partial charge in [0.1, 0.15) is 5.56 Å². The third-order valence-electron chi connectivity index (χ3n) is 4.34. The number of aryl methyl sites for hydroxylation is 1. The number of rotatable bonds is 4. The van der Waals surface area contributed by atoms with Crippen molar-refractivity contribution in [1.29, 1.82) is 0 Å². The Morgan fingerprint density at radius 2 is 2.09 bits per heavy atom. The van der Waals surface area contributed by atoms with Crippen LogP contribution in [0.3, 0.4) is 0 Å². The van der Waals surface area contributed by atoms with Crippen molar-refractivity contribution in [2.24, 2.45) is 0 Å². The normalized spacial score (nSPS) is 17.6. The van der Waals surface area contributed by atoms with Gasteiger partial charge in [-0.25, -0.2) is 9.50 Å². The van der Waals surface area contributed by atoms with Crippen molar-refractivity contribution >= 4 is 11.6 Å². The van der Waals surface area contributed by atoms with Gasteiger partial charge in [0.15, 0.2) is 5.65 Å². The van der Waals surface area contributed by atoms with Crippen LogP contribution in [-0.2, 0) is 0 Å². The lowest BCUT2D eigenvalue weighted by atomic mass is 10.2. The molecule has 1 atom stereocenters. The highest BCUT2D eigenvalue weighted by Crippen LogP contribution is 2.14. The van der Waals surface area contributed by atoms with E-state index in [9.17, 15) is 9.90 Å². The molecule has 7 heteroatoms. The Bertz CT molecular complexity index is 691. The van der Waals surface area contributed by atoms with Crippen LogP contribution in [0.25, 0.3) is 5.65 Å². The van der Waals surface area contributed by atoms with Gasteiger partial charge in [-0.15, -0.1) is 0 Å². The van der Waals surface area contributed by atoms with Crippen molar-refractivity contribution < 1.29 is 9.90 Å². The first-order chi connectivity index (χ1) is 11.1. The molecule has 0 aliphatic carbocycles. The van der Waals surface area contributed by atoms with Crippen LogP contribution in [0.5, 0.6) is 0 Å². The van der Waals surface area contributed by atoms with Gasteiger partial charge in [-0.2, -0.15) is 5.10 Å². The molecular formula is C16H23N5O2. The lowest BCUT2D eigenvalue weighted by molar-refractivity contribution is 0.0525. The smallest absolute Gasteiger partial charge is 0.259 e. The third-order valence-corrected chi connectivity index (χ3v) is 4.34. The molecule has 1 N–H and O–H groups in total. The minimum Gasteiger partial charge on any atom is -0.392 e. The molecule has 0 saturated carbocycles. The van der Waals surface area contributed by atoms with E-state index in [-0.39, 0.29) is 12.0 Å². The van der Waals surface area contributed by atoms with E-state index in [2.05, 4.69) is 15.0 Å². The number of aromatic nitrogens is 3. The molecule has 2 aromatic heterocycles. The molecular weight excluding hydrogens is 294 g/mol. The molecule has 1 saturated heterocycles. The van der Waals surface area contributed by atoms with Crippen molar-refractivity contribution in [2.45, 2.75) is 26.4 Å².